The lowest BCUT2D eigenvalue weighted by molar-refractivity contribution is 0.660. The first-order chi connectivity index (χ1) is 28.4. The van der Waals surface area contributed by atoms with Gasteiger partial charge >= 0.3 is 0 Å². The number of aryl methyl sites for hydroxylation is 4. The molecule has 2 aromatic heterocycles. The summed E-state index contributed by atoms with van der Waals surface area (Å²) >= 11 is 0. The molecule has 0 atom stereocenters. The molecule has 0 N–H and O–H groups in total. The lowest BCUT2D eigenvalue weighted by atomic mass is 9.97. The SMILES string of the molecule is Cc1cccc(N(c2ccccc2)c2ccc3cc4c(cc3c2)oc2c(C)c3c(oc5cc6cc(N(c7ccccc7)c7cccc(C)c7)ccc6cc53)c(C)c24)c1. The molecule has 278 valence electrons. The maximum absolute atomic E-state index is 6.85. The van der Waals surface area contributed by atoms with Crippen LogP contribution in [0.1, 0.15) is 22.3 Å². The molecule has 58 heavy (non-hydrogen) atoms. The van der Waals surface area contributed by atoms with Crippen molar-refractivity contribution in [2.75, 3.05) is 9.80 Å². The average molecular weight is 749 g/mol. The molecule has 0 unspecified atom stereocenters. The van der Waals surface area contributed by atoms with E-state index in [1.165, 1.54) is 11.1 Å². The van der Waals surface area contributed by atoms with E-state index in [9.17, 15) is 0 Å². The van der Waals surface area contributed by atoms with Crippen molar-refractivity contribution in [3.63, 3.8) is 0 Å². The second-order valence-electron chi connectivity index (χ2n) is 15.6. The summed E-state index contributed by atoms with van der Waals surface area (Å²) in [5.74, 6) is 0. The minimum atomic E-state index is 0.874. The van der Waals surface area contributed by atoms with Gasteiger partial charge in [0.2, 0.25) is 0 Å². The molecule has 0 aliphatic carbocycles. The first kappa shape index (κ1) is 34.0. The molecule has 4 heteroatoms. The van der Waals surface area contributed by atoms with Gasteiger partial charge in [-0.25, -0.2) is 0 Å². The summed E-state index contributed by atoms with van der Waals surface area (Å²) in [5, 5.41) is 9.00. The summed E-state index contributed by atoms with van der Waals surface area (Å²) in [6.45, 7) is 8.62. The third-order valence-corrected chi connectivity index (χ3v) is 11.8. The van der Waals surface area contributed by atoms with Crippen LogP contribution in [0.2, 0.25) is 0 Å². The predicted molar refractivity (Wildman–Crippen MR) is 244 cm³/mol. The van der Waals surface area contributed by atoms with Crippen molar-refractivity contribution in [2.45, 2.75) is 27.7 Å². The van der Waals surface area contributed by atoms with Crippen molar-refractivity contribution in [3.8, 4) is 0 Å². The Hall–Kier alpha value is -7.30. The van der Waals surface area contributed by atoms with Crippen LogP contribution in [-0.4, -0.2) is 0 Å². The van der Waals surface area contributed by atoms with Gasteiger partial charge in [0.1, 0.15) is 22.3 Å². The standard InChI is InChI=1S/C54H40N2O2/c1-33-13-11-19-43(25-33)55(41-15-7-5-8-16-41)45-23-21-37-29-47-49(31-39(37)27-45)57-53-36(4)52-48-30-38-22-24-46(28-40(38)32-50(48)58-54(52)35(3)51(47)53)56(42-17-9-6-10-18-42)44-20-12-14-34(2)26-44/h5-32H,1-4H3. The average Bonchev–Trinajstić information content (AvgIpc) is 3.81. The first-order valence-electron chi connectivity index (χ1n) is 19.9. The topological polar surface area (TPSA) is 32.8 Å². The van der Waals surface area contributed by atoms with Crippen molar-refractivity contribution in [1.29, 1.82) is 0 Å². The number of hydrogen-bond donors (Lipinski definition) is 0. The summed E-state index contributed by atoms with van der Waals surface area (Å²) in [6, 6.07) is 60.8. The Kier molecular flexibility index (Phi) is 7.70. The Bertz CT molecular complexity index is 3170. The van der Waals surface area contributed by atoms with E-state index in [4.69, 9.17) is 8.83 Å². The van der Waals surface area contributed by atoms with Gasteiger partial charge in [0.05, 0.1) is 0 Å². The fourth-order valence-electron chi connectivity index (χ4n) is 9.02. The van der Waals surface area contributed by atoms with E-state index in [0.29, 0.717) is 0 Å². The van der Waals surface area contributed by atoms with Gasteiger partial charge in [0, 0.05) is 66.8 Å². The van der Waals surface area contributed by atoms with Gasteiger partial charge in [0.25, 0.3) is 0 Å². The summed E-state index contributed by atoms with van der Waals surface area (Å²) in [7, 11) is 0. The number of nitrogens with zero attached hydrogens (tertiary/aromatic N) is 2. The van der Waals surface area contributed by atoms with Crippen molar-refractivity contribution < 1.29 is 8.83 Å². The van der Waals surface area contributed by atoms with Crippen LogP contribution in [0.25, 0.3) is 65.4 Å². The molecule has 0 fully saturated rings. The molecular formula is C54H40N2O2. The highest BCUT2D eigenvalue weighted by atomic mass is 16.3. The maximum Gasteiger partial charge on any atom is 0.139 e. The van der Waals surface area contributed by atoms with Crippen LogP contribution in [0, 0.1) is 27.7 Å². The van der Waals surface area contributed by atoms with Gasteiger partial charge in [-0.3, -0.25) is 0 Å². The third-order valence-electron chi connectivity index (χ3n) is 11.8. The Morgan fingerprint density at radius 2 is 0.724 bits per heavy atom. The maximum atomic E-state index is 6.85. The first-order valence-corrected chi connectivity index (χ1v) is 19.9. The summed E-state index contributed by atoms with van der Waals surface area (Å²) < 4.78 is 13.7. The monoisotopic (exact) mass is 748 g/mol. The Morgan fingerprint density at radius 3 is 1.14 bits per heavy atom. The fraction of sp³-hybridized carbons (Fsp3) is 0.0741. The smallest absolute Gasteiger partial charge is 0.139 e. The van der Waals surface area contributed by atoms with Crippen LogP contribution in [0.4, 0.5) is 34.1 Å². The highest BCUT2D eigenvalue weighted by Crippen LogP contribution is 2.46. The van der Waals surface area contributed by atoms with Crippen LogP contribution >= 0.6 is 0 Å². The molecule has 11 aromatic rings. The third kappa shape index (κ3) is 5.44. The number of anilines is 6. The zero-order valence-corrected chi connectivity index (χ0v) is 32.9. The summed E-state index contributed by atoms with van der Waals surface area (Å²) in [6.07, 6.45) is 0. The van der Waals surface area contributed by atoms with Crippen LogP contribution in [-0.2, 0) is 0 Å². The molecule has 11 rings (SSSR count). The Labute approximate surface area is 336 Å². The van der Waals surface area contributed by atoms with Crippen molar-refractivity contribution >= 4 is 99.5 Å². The van der Waals surface area contributed by atoms with Gasteiger partial charge in [0.15, 0.2) is 0 Å². The van der Waals surface area contributed by atoms with E-state index in [0.717, 1.165) is 111 Å². The zero-order valence-electron chi connectivity index (χ0n) is 32.9. The van der Waals surface area contributed by atoms with E-state index < -0.39 is 0 Å². The quantitative estimate of drug-likeness (QED) is 0.170. The largest absolute Gasteiger partial charge is 0.456 e. The van der Waals surface area contributed by atoms with E-state index in [2.05, 4.69) is 207 Å². The number of hydrogen-bond acceptors (Lipinski definition) is 4. The molecular weight excluding hydrogens is 709 g/mol. The molecule has 0 amide bonds. The second-order valence-corrected chi connectivity index (χ2v) is 15.6. The molecule has 0 spiro atoms. The fourth-order valence-corrected chi connectivity index (χ4v) is 9.02. The Balaban J connectivity index is 1.05. The Morgan fingerprint density at radius 1 is 0.328 bits per heavy atom. The minimum Gasteiger partial charge on any atom is -0.456 e. The van der Waals surface area contributed by atoms with Gasteiger partial charge < -0.3 is 18.6 Å². The second kappa shape index (κ2) is 13.1. The lowest BCUT2D eigenvalue weighted by Crippen LogP contribution is -2.09. The van der Waals surface area contributed by atoms with Gasteiger partial charge in [-0.15, -0.1) is 0 Å². The van der Waals surface area contributed by atoms with Crippen molar-refractivity contribution in [3.05, 3.63) is 192 Å². The molecule has 4 nitrogen and oxygen atoms in total. The lowest BCUT2D eigenvalue weighted by Gasteiger charge is -2.26. The molecule has 2 heterocycles. The molecule has 0 saturated heterocycles. The minimum absolute atomic E-state index is 0.874. The zero-order chi connectivity index (χ0) is 39.1. The summed E-state index contributed by atoms with van der Waals surface area (Å²) in [4.78, 5) is 4.63. The van der Waals surface area contributed by atoms with E-state index in [1.54, 1.807) is 0 Å². The van der Waals surface area contributed by atoms with Crippen LogP contribution < -0.4 is 9.80 Å². The molecule has 0 aliphatic heterocycles. The molecule has 0 saturated carbocycles. The number of para-hydroxylation sites is 2. The molecule has 0 aliphatic rings. The number of fused-ring (bicyclic) bond motifs is 8. The van der Waals surface area contributed by atoms with Crippen molar-refractivity contribution in [2.24, 2.45) is 0 Å². The molecule has 9 aromatic carbocycles. The van der Waals surface area contributed by atoms with E-state index in [-0.39, 0.29) is 0 Å². The number of rotatable bonds is 6. The van der Waals surface area contributed by atoms with Crippen LogP contribution in [0.3, 0.4) is 0 Å². The highest BCUT2D eigenvalue weighted by molar-refractivity contribution is 6.22. The number of benzene rings is 9. The van der Waals surface area contributed by atoms with Gasteiger partial charge in [-0.1, -0.05) is 72.8 Å². The van der Waals surface area contributed by atoms with E-state index >= 15 is 0 Å². The molecule has 0 radical (unpaired) electrons. The van der Waals surface area contributed by atoms with Crippen molar-refractivity contribution in [1.82, 2.24) is 0 Å². The molecule has 0 bridgehead atoms. The highest BCUT2D eigenvalue weighted by Gasteiger charge is 2.23. The summed E-state index contributed by atoms with van der Waals surface area (Å²) in [5.41, 5.74) is 14.9. The van der Waals surface area contributed by atoms with Gasteiger partial charge in [-0.2, -0.15) is 0 Å². The van der Waals surface area contributed by atoms with Crippen LogP contribution in [0.5, 0.6) is 0 Å². The van der Waals surface area contributed by atoms with Gasteiger partial charge in [-0.05, 0) is 157 Å². The number of furan rings is 2. The predicted octanol–water partition coefficient (Wildman–Crippen LogP) is 16.0. The normalized spacial score (nSPS) is 11.8. The van der Waals surface area contributed by atoms with Crippen LogP contribution in [0.15, 0.2) is 179 Å². The van der Waals surface area contributed by atoms with E-state index in [1.807, 2.05) is 0 Å².